The van der Waals surface area contributed by atoms with Crippen LogP contribution in [0, 0.1) is 0 Å². The molecule has 0 aromatic heterocycles. The Morgan fingerprint density at radius 1 is 1.67 bits per heavy atom. The van der Waals surface area contributed by atoms with Gasteiger partial charge in [-0.2, -0.15) is 0 Å². The van der Waals surface area contributed by atoms with Crippen molar-refractivity contribution in [3.8, 4) is 0 Å². The van der Waals surface area contributed by atoms with Crippen molar-refractivity contribution in [1.82, 2.24) is 0 Å². The first-order valence-corrected chi connectivity index (χ1v) is 4.41. The Balaban J connectivity index is 3.31. The maximum atomic E-state index is 9.97. The Morgan fingerprint density at radius 2 is 2.25 bits per heavy atom. The maximum absolute atomic E-state index is 9.97. The molecule has 0 fully saturated rings. The average Bonchev–Trinajstić information content (AvgIpc) is 1.97. The van der Waals surface area contributed by atoms with Gasteiger partial charge in [-0.3, -0.25) is 0 Å². The lowest BCUT2D eigenvalue weighted by atomic mass is 10.3. The predicted molar refractivity (Wildman–Crippen MR) is 42.6 cm³/mol. The second-order valence-electron chi connectivity index (χ2n) is 2.14. The first kappa shape index (κ1) is 11.7. The molecule has 5 nitrogen and oxygen atoms in total. The Labute approximate surface area is 71.6 Å². The lowest BCUT2D eigenvalue weighted by Crippen LogP contribution is -2.15. The molecule has 0 saturated carbocycles. The molecule has 6 heteroatoms. The van der Waals surface area contributed by atoms with E-state index in [4.69, 9.17) is 14.7 Å². The summed E-state index contributed by atoms with van der Waals surface area (Å²) in [6, 6.07) is 0. The van der Waals surface area contributed by atoms with Crippen LogP contribution in [0.15, 0.2) is 12.2 Å². The van der Waals surface area contributed by atoms with Gasteiger partial charge in [-0.1, -0.05) is 6.58 Å². The van der Waals surface area contributed by atoms with Crippen LogP contribution in [-0.4, -0.2) is 29.5 Å². The predicted octanol–water partition coefficient (Wildman–Crippen LogP) is 0.564. The van der Waals surface area contributed by atoms with Crippen molar-refractivity contribution < 1.29 is 23.8 Å². The zero-order chi connectivity index (χ0) is 9.56. The molecule has 0 aliphatic rings. The Kier molecular flexibility index (Phi) is 6.06. The van der Waals surface area contributed by atoms with Crippen LogP contribution in [0.25, 0.3) is 0 Å². The summed E-state index contributed by atoms with van der Waals surface area (Å²) in [5, 5.41) is 8.98. The molecular weight excluding hydrogens is 183 g/mol. The molecule has 0 radical (unpaired) electrons. The van der Waals surface area contributed by atoms with Crippen molar-refractivity contribution in [1.29, 1.82) is 0 Å². The number of hydrogen-bond donors (Lipinski definition) is 2. The van der Waals surface area contributed by atoms with Crippen molar-refractivity contribution in [2.45, 2.75) is 13.2 Å². The Morgan fingerprint density at radius 3 is 2.67 bits per heavy atom. The van der Waals surface area contributed by atoms with Crippen molar-refractivity contribution >= 4 is 8.25 Å². The van der Waals surface area contributed by atoms with Gasteiger partial charge in [-0.05, 0) is 12.5 Å². The van der Waals surface area contributed by atoms with Crippen LogP contribution in [-0.2, 0) is 13.8 Å². The quantitative estimate of drug-likeness (QED) is 0.280. The zero-order valence-corrected chi connectivity index (χ0v) is 7.66. The van der Waals surface area contributed by atoms with E-state index >= 15 is 0 Å². The van der Waals surface area contributed by atoms with Gasteiger partial charge < -0.3 is 9.84 Å². The molecular formula is C6H12O5P+. The van der Waals surface area contributed by atoms with E-state index in [0.29, 0.717) is 5.57 Å². The molecule has 0 saturated heterocycles. The third-order valence-corrected chi connectivity index (χ3v) is 1.39. The lowest BCUT2D eigenvalue weighted by molar-refractivity contribution is -0.0788. The summed E-state index contributed by atoms with van der Waals surface area (Å²) in [5.41, 5.74) is 0.475. The van der Waals surface area contributed by atoms with Gasteiger partial charge in [-0.25, -0.2) is 0 Å². The number of aliphatic hydroxyl groups excluding tert-OH is 1. The second-order valence-corrected chi connectivity index (χ2v) is 2.87. The Bertz CT molecular complexity index is 169. The van der Waals surface area contributed by atoms with Crippen LogP contribution in [0.1, 0.15) is 6.92 Å². The van der Waals surface area contributed by atoms with Gasteiger partial charge >= 0.3 is 8.25 Å². The number of aliphatic hydroxyl groups is 1. The largest absolute Gasteiger partial charge is 0.694 e. The van der Waals surface area contributed by atoms with E-state index in [2.05, 4.69) is 11.1 Å². The SMILES string of the molecule is C=C(C)C(O)OCCO[P+](=O)O. The number of ether oxygens (including phenoxy) is 1. The van der Waals surface area contributed by atoms with Gasteiger partial charge in [0.2, 0.25) is 0 Å². The van der Waals surface area contributed by atoms with Crippen LogP contribution < -0.4 is 0 Å². The van der Waals surface area contributed by atoms with Crippen LogP contribution in [0.2, 0.25) is 0 Å². The molecule has 2 unspecified atom stereocenters. The fourth-order valence-corrected chi connectivity index (χ4v) is 0.648. The van der Waals surface area contributed by atoms with Gasteiger partial charge in [-0.15, -0.1) is 9.42 Å². The summed E-state index contributed by atoms with van der Waals surface area (Å²) in [7, 11) is -2.58. The van der Waals surface area contributed by atoms with Crippen molar-refractivity contribution in [3.63, 3.8) is 0 Å². The first-order valence-electron chi connectivity index (χ1n) is 3.28. The fourth-order valence-electron chi connectivity index (χ4n) is 0.417. The summed E-state index contributed by atoms with van der Waals surface area (Å²) >= 11 is 0. The average molecular weight is 195 g/mol. The molecule has 0 heterocycles. The molecule has 0 aromatic rings. The van der Waals surface area contributed by atoms with E-state index in [1.54, 1.807) is 6.92 Å². The van der Waals surface area contributed by atoms with Gasteiger partial charge in [0, 0.05) is 4.57 Å². The highest BCUT2D eigenvalue weighted by molar-refractivity contribution is 7.32. The van der Waals surface area contributed by atoms with Crippen LogP contribution in [0.4, 0.5) is 0 Å². The molecule has 2 atom stereocenters. The summed E-state index contributed by atoms with van der Waals surface area (Å²) in [5.74, 6) is 0. The Hall–Kier alpha value is -0.320. The van der Waals surface area contributed by atoms with Crippen molar-refractivity contribution in [2.24, 2.45) is 0 Å². The summed E-state index contributed by atoms with van der Waals surface area (Å²) < 4.78 is 19.0. The smallest absolute Gasteiger partial charge is 0.364 e. The van der Waals surface area contributed by atoms with Crippen molar-refractivity contribution in [3.05, 3.63) is 12.2 Å². The van der Waals surface area contributed by atoms with E-state index in [1.807, 2.05) is 0 Å². The van der Waals surface area contributed by atoms with Crippen LogP contribution in [0.5, 0.6) is 0 Å². The number of hydrogen-bond acceptors (Lipinski definition) is 4. The van der Waals surface area contributed by atoms with Gasteiger partial charge in [0.25, 0.3) is 0 Å². The van der Waals surface area contributed by atoms with Gasteiger partial charge in [0.05, 0.1) is 6.61 Å². The van der Waals surface area contributed by atoms with Gasteiger partial charge in [0.15, 0.2) is 6.29 Å². The highest BCUT2D eigenvalue weighted by Crippen LogP contribution is 2.13. The molecule has 2 N–H and O–H groups in total. The van der Waals surface area contributed by atoms with E-state index in [9.17, 15) is 4.57 Å². The highest BCUT2D eigenvalue weighted by atomic mass is 31.1. The molecule has 0 amide bonds. The van der Waals surface area contributed by atoms with Crippen molar-refractivity contribution in [2.75, 3.05) is 13.2 Å². The minimum atomic E-state index is -2.58. The molecule has 0 aliphatic heterocycles. The minimum Gasteiger partial charge on any atom is -0.364 e. The summed E-state index contributed by atoms with van der Waals surface area (Å²) in [4.78, 5) is 8.18. The van der Waals surface area contributed by atoms with Crippen LogP contribution in [0.3, 0.4) is 0 Å². The lowest BCUT2D eigenvalue weighted by Gasteiger charge is -2.09. The molecule has 0 spiro atoms. The zero-order valence-electron chi connectivity index (χ0n) is 6.77. The van der Waals surface area contributed by atoms with E-state index in [1.165, 1.54) is 0 Å². The summed E-state index contributed by atoms with van der Waals surface area (Å²) in [6.07, 6.45) is -1.04. The fraction of sp³-hybridized carbons (Fsp3) is 0.667. The minimum absolute atomic E-state index is 0.0317. The summed E-state index contributed by atoms with van der Waals surface area (Å²) in [6.45, 7) is 5.07. The standard InChI is InChI=1S/C6H11O5P/c1-5(2)6(7)10-3-4-11-12(8)9/h6-7H,1,3-4H2,2H3/p+1. The molecule has 70 valence electrons. The van der Waals surface area contributed by atoms with E-state index in [-0.39, 0.29) is 13.2 Å². The molecule has 0 rings (SSSR count). The third-order valence-electron chi connectivity index (χ3n) is 0.982. The molecule has 0 bridgehead atoms. The highest BCUT2D eigenvalue weighted by Gasteiger charge is 2.11. The normalized spacial score (nSPS) is 14.1. The first-order chi connectivity index (χ1) is 5.54. The third kappa shape index (κ3) is 6.39. The topological polar surface area (TPSA) is 76.0 Å². The van der Waals surface area contributed by atoms with E-state index in [0.717, 1.165) is 0 Å². The number of rotatable bonds is 6. The molecule has 12 heavy (non-hydrogen) atoms. The van der Waals surface area contributed by atoms with E-state index < -0.39 is 14.5 Å². The monoisotopic (exact) mass is 195 g/mol. The molecule has 0 aromatic carbocycles. The maximum Gasteiger partial charge on any atom is 0.694 e. The van der Waals surface area contributed by atoms with Crippen LogP contribution >= 0.6 is 8.25 Å². The second kappa shape index (κ2) is 6.22. The van der Waals surface area contributed by atoms with Gasteiger partial charge in [0.1, 0.15) is 6.61 Å². The molecule has 0 aliphatic carbocycles.